The number of aromatic amines is 2. The van der Waals surface area contributed by atoms with E-state index in [1.807, 2.05) is 0 Å². The predicted molar refractivity (Wildman–Crippen MR) is 98.9 cm³/mol. The smallest absolute Gasteiger partial charge is 0.315 e. The predicted octanol–water partition coefficient (Wildman–Crippen LogP) is 3.13. The number of phenols is 1. The molecular formula is C20H16N2O5. The van der Waals surface area contributed by atoms with Crippen LogP contribution in [0.25, 0.3) is 21.8 Å². The third-order valence-corrected chi connectivity index (χ3v) is 3.52. The number of carboxylic acids is 1. The van der Waals surface area contributed by atoms with Crippen LogP contribution in [0.1, 0.15) is 24.8 Å². The van der Waals surface area contributed by atoms with E-state index in [1.165, 1.54) is 0 Å². The number of ether oxygens (including phenoxy) is 1. The number of nitrogens with one attached hydrogen (secondary N) is 2. The number of fused-ring (bicyclic) bond motifs is 2. The second-order valence-electron chi connectivity index (χ2n) is 5.28. The molecule has 7 nitrogen and oxygen atoms in total. The first-order valence-corrected chi connectivity index (χ1v) is 7.42. The van der Waals surface area contributed by atoms with E-state index in [9.17, 15) is 19.8 Å². The number of carbonyl (C=O) groups is 2. The van der Waals surface area contributed by atoms with Crippen LogP contribution in [0.15, 0.2) is 48.6 Å². The van der Waals surface area contributed by atoms with E-state index in [0.717, 1.165) is 12.4 Å². The average Bonchev–Trinajstić information content (AvgIpc) is 3.48. The molecule has 0 radical (unpaired) electrons. The van der Waals surface area contributed by atoms with Crippen molar-refractivity contribution in [2.45, 2.75) is 12.7 Å². The Morgan fingerprint density at radius 1 is 1.00 bits per heavy atom. The average molecular weight is 374 g/mol. The van der Waals surface area contributed by atoms with Gasteiger partial charge in [-0.25, -0.2) is 0 Å². The number of hydrogen-bond acceptors (Lipinski definition) is 4. The summed E-state index contributed by atoms with van der Waals surface area (Å²) in [4.78, 5) is 29.3. The van der Waals surface area contributed by atoms with Gasteiger partial charge in [-0.1, -0.05) is 0 Å². The van der Waals surface area contributed by atoms with Crippen molar-refractivity contribution in [3.8, 4) is 11.5 Å². The molecule has 0 aliphatic rings. The van der Waals surface area contributed by atoms with E-state index in [2.05, 4.69) is 9.97 Å². The lowest BCUT2D eigenvalue weighted by molar-refractivity contribution is -0.136. The molecule has 0 spiro atoms. The van der Waals surface area contributed by atoms with Crippen LogP contribution in [0.3, 0.4) is 0 Å². The summed E-state index contributed by atoms with van der Waals surface area (Å²) in [7, 11) is 0. The maximum Gasteiger partial charge on any atom is 0.315 e. The molecule has 2 aromatic heterocycles. The van der Waals surface area contributed by atoms with Gasteiger partial charge in [0.1, 0.15) is 11.5 Å². The van der Waals surface area contributed by atoms with E-state index in [-0.39, 0.29) is 16.4 Å². The molecule has 0 saturated heterocycles. The van der Waals surface area contributed by atoms with Crippen LogP contribution in [0, 0.1) is 0 Å². The van der Waals surface area contributed by atoms with Gasteiger partial charge in [0, 0.05) is 39.7 Å². The van der Waals surface area contributed by atoms with Gasteiger partial charge in [-0.15, -0.1) is 0 Å². The summed E-state index contributed by atoms with van der Waals surface area (Å²) in [5, 5.41) is 18.4. The highest BCUT2D eigenvalue weighted by Crippen LogP contribution is 2.26. The van der Waals surface area contributed by atoms with Gasteiger partial charge in [0.15, 0.2) is 0 Å². The number of rotatable bonds is 5. The van der Waals surface area contributed by atoms with E-state index < -0.39 is 89.0 Å². The number of hydrogen-bond donors (Lipinski definition) is 4. The Bertz CT molecular complexity index is 1640. The third-order valence-electron chi connectivity index (χ3n) is 3.52. The van der Waals surface area contributed by atoms with Crippen LogP contribution in [0.2, 0.25) is 0 Å². The molecule has 0 bridgehead atoms. The quantitative estimate of drug-likeness (QED) is 0.316. The van der Waals surface area contributed by atoms with Crippen LogP contribution in [0.5, 0.6) is 11.5 Å². The SMILES string of the molecule is [2H]c1c(O)c([2H])c2c(C([2H])([2H])C(=O)Oc3c([2H])c([2H])c4[nH]cc(C([2H])([2H])C(=O)O)c4c3[2H])c[nH]c2c1[2H]. The highest BCUT2D eigenvalue weighted by Gasteiger charge is 2.13. The van der Waals surface area contributed by atoms with Gasteiger partial charge < -0.3 is 24.9 Å². The normalized spacial score (nSPS) is 17.5. The number of esters is 1. The van der Waals surface area contributed by atoms with Crippen molar-refractivity contribution in [1.82, 2.24) is 9.97 Å². The van der Waals surface area contributed by atoms with Crippen LogP contribution >= 0.6 is 0 Å². The lowest BCUT2D eigenvalue weighted by atomic mass is 10.1. The molecule has 0 amide bonds. The summed E-state index contributed by atoms with van der Waals surface area (Å²) in [5.74, 6) is -5.46. The Morgan fingerprint density at radius 3 is 2.33 bits per heavy atom. The fraction of sp³-hybridized carbons (Fsp3) is 0.100. The van der Waals surface area contributed by atoms with E-state index >= 15 is 0 Å². The van der Waals surface area contributed by atoms with Crippen molar-refractivity contribution in [2.24, 2.45) is 0 Å². The Morgan fingerprint density at radius 2 is 1.63 bits per heavy atom. The maximum atomic E-state index is 13.0. The monoisotopic (exact) mass is 374 g/mol. The number of carbonyl (C=O) groups excluding carboxylic acids is 1. The first-order chi connectivity index (χ1) is 17.0. The number of benzene rings is 2. The van der Waals surface area contributed by atoms with Gasteiger partial charge in [0.05, 0.1) is 21.0 Å². The van der Waals surface area contributed by atoms with E-state index in [1.54, 1.807) is 0 Å². The van der Waals surface area contributed by atoms with Crippen molar-refractivity contribution in [2.75, 3.05) is 0 Å². The number of H-pyrrole nitrogens is 2. The molecule has 136 valence electrons. The van der Waals surface area contributed by atoms with Crippen molar-refractivity contribution >= 4 is 33.7 Å². The molecule has 4 N–H and O–H groups in total. The zero-order valence-electron chi connectivity index (χ0n) is 23.3. The summed E-state index contributed by atoms with van der Waals surface area (Å²) in [6.45, 7) is 0. The second kappa shape index (κ2) is 6.53. The summed E-state index contributed by atoms with van der Waals surface area (Å²) in [5.41, 5.74) is -1.59. The number of aromatic hydroxyl groups is 1. The minimum atomic E-state index is -3.11. The molecule has 0 unspecified atom stereocenters. The molecule has 2 heterocycles. The zero-order chi connectivity index (χ0) is 27.8. The Kier molecular flexibility index (Phi) is 2.12. The molecular weight excluding hydrogens is 348 g/mol. The number of carboxylic acid groups (broad SMARTS) is 1. The molecule has 4 rings (SSSR count). The summed E-state index contributed by atoms with van der Waals surface area (Å²) < 4.78 is 85.6. The highest BCUT2D eigenvalue weighted by atomic mass is 16.5. The van der Waals surface area contributed by atoms with Crippen molar-refractivity contribution in [1.29, 1.82) is 0 Å². The maximum absolute atomic E-state index is 13.0. The molecule has 27 heavy (non-hydrogen) atoms. The van der Waals surface area contributed by atoms with Gasteiger partial charge >= 0.3 is 11.9 Å². The Balaban J connectivity index is 1.87. The molecule has 0 saturated carbocycles. The minimum absolute atomic E-state index is 0.204. The van der Waals surface area contributed by atoms with Crippen molar-refractivity contribution in [3.05, 3.63) is 59.8 Å². The number of aromatic nitrogens is 2. The molecule has 0 aliphatic carbocycles. The zero-order valence-corrected chi connectivity index (χ0v) is 13.3. The molecule has 4 aromatic rings. The topological polar surface area (TPSA) is 115 Å². The Labute approximate surface area is 167 Å². The first kappa shape index (κ1) is 8.77. The van der Waals surface area contributed by atoms with Crippen LogP contribution in [0.4, 0.5) is 0 Å². The van der Waals surface area contributed by atoms with Crippen molar-refractivity contribution < 1.29 is 38.2 Å². The fourth-order valence-corrected chi connectivity index (χ4v) is 2.43. The van der Waals surface area contributed by atoms with Gasteiger partial charge in [-0.3, -0.25) is 9.59 Å². The van der Waals surface area contributed by atoms with Crippen LogP contribution in [-0.4, -0.2) is 32.1 Å². The van der Waals surface area contributed by atoms with Crippen molar-refractivity contribution in [3.63, 3.8) is 0 Å². The summed E-state index contributed by atoms with van der Waals surface area (Å²) in [6.07, 6.45) is -4.29. The molecule has 2 aromatic carbocycles. The van der Waals surface area contributed by atoms with E-state index in [4.69, 9.17) is 18.4 Å². The number of phenolic OH excluding ortho intramolecular Hbond substituents is 1. The number of aliphatic carboxylic acids is 1. The minimum Gasteiger partial charge on any atom is -0.508 e. The van der Waals surface area contributed by atoms with Gasteiger partial charge in [0.25, 0.3) is 0 Å². The van der Waals surface area contributed by atoms with E-state index in [0.29, 0.717) is 0 Å². The second-order valence-corrected chi connectivity index (χ2v) is 5.28. The summed E-state index contributed by atoms with van der Waals surface area (Å²) in [6, 6.07) is -4.32. The standard InChI is InChI=1S/C20H16N2O5/c23-13-1-3-17-15(7-13)12(10-22-17)6-20(26)27-14-2-4-18-16(8-14)11(9-21-18)5-19(24)25/h1-4,7-10,21-23H,5-6H2,(H,24,25)/i1D,2D,3D,4D,5D2,6D2,7D,8D. The lowest BCUT2D eigenvalue weighted by Gasteiger charge is -2.05. The lowest BCUT2D eigenvalue weighted by Crippen LogP contribution is -2.11. The van der Waals surface area contributed by atoms with Crippen LogP contribution in [-0.2, 0) is 22.3 Å². The first-order valence-electron chi connectivity index (χ1n) is 12.4. The molecule has 0 atom stereocenters. The molecule has 0 aliphatic heterocycles. The van der Waals surface area contributed by atoms with Gasteiger partial charge in [-0.2, -0.15) is 0 Å². The summed E-state index contributed by atoms with van der Waals surface area (Å²) >= 11 is 0. The largest absolute Gasteiger partial charge is 0.508 e. The third kappa shape index (κ3) is 3.35. The highest BCUT2D eigenvalue weighted by molar-refractivity contribution is 5.90. The fourth-order valence-electron chi connectivity index (χ4n) is 2.43. The van der Waals surface area contributed by atoms with Gasteiger partial charge in [-0.05, 0) is 47.4 Å². The molecule has 0 fully saturated rings. The Hall–Kier alpha value is -3.74. The van der Waals surface area contributed by atoms with Gasteiger partial charge in [0.2, 0.25) is 0 Å². The molecule has 7 heteroatoms. The van der Waals surface area contributed by atoms with Crippen LogP contribution < -0.4 is 4.74 Å².